The number of rotatable bonds is 6. The van der Waals surface area contributed by atoms with Gasteiger partial charge in [-0.1, -0.05) is 39.0 Å². The summed E-state index contributed by atoms with van der Waals surface area (Å²) in [4.78, 5) is 0. The quantitative estimate of drug-likeness (QED) is 0.820. The first-order valence-corrected chi connectivity index (χ1v) is 8.41. The monoisotopic (exact) mass is 271 g/mol. The highest BCUT2D eigenvalue weighted by Gasteiger charge is 2.31. The Kier molecular flexibility index (Phi) is 3.90. The van der Waals surface area contributed by atoms with Crippen molar-refractivity contribution >= 4 is 0 Å². The van der Waals surface area contributed by atoms with E-state index in [1.165, 1.54) is 38.5 Å². The topological polar surface area (TPSA) is 12.0 Å². The molecule has 1 unspecified atom stereocenters. The Morgan fingerprint density at radius 2 is 1.95 bits per heavy atom. The Labute approximate surface area is 124 Å². The molecule has 1 aromatic rings. The Morgan fingerprint density at radius 3 is 2.65 bits per heavy atom. The Bertz CT molecular complexity index is 473. The second-order valence-corrected chi connectivity index (χ2v) is 7.60. The molecular formula is C19H29N. The summed E-state index contributed by atoms with van der Waals surface area (Å²) in [6.45, 7) is 8.37. The maximum atomic E-state index is 3.75. The molecule has 3 rings (SSSR count). The molecule has 110 valence electrons. The molecule has 20 heavy (non-hydrogen) atoms. The van der Waals surface area contributed by atoms with Crippen LogP contribution < -0.4 is 5.32 Å². The van der Waals surface area contributed by atoms with Crippen molar-refractivity contribution in [3.63, 3.8) is 0 Å². The summed E-state index contributed by atoms with van der Waals surface area (Å²) in [7, 11) is 0. The van der Waals surface area contributed by atoms with E-state index >= 15 is 0 Å². The van der Waals surface area contributed by atoms with Crippen LogP contribution in [0.4, 0.5) is 0 Å². The third-order valence-corrected chi connectivity index (χ3v) is 5.54. The fourth-order valence-corrected chi connectivity index (χ4v) is 3.34. The SMILES string of the molecule is CC(C)C(C)(CNC1CC1)Cc1ccc2c(c1)CCC2. The molecule has 1 atom stereocenters. The van der Waals surface area contributed by atoms with Crippen LogP contribution in [0.3, 0.4) is 0 Å². The number of hydrogen-bond acceptors (Lipinski definition) is 1. The lowest BCUT2D eigenvalue weighted by atomic mass is 9.74. The van der Waals surface area contributed by atoms with E-state index in [2.05, 4.69) is 44.3 Å². The molecular weight excluding hydrogens is 242 g/mol. The van der Waals surface area contributed by atoms with Crippen LogP contribution in [0.2, 0.25) is 0 Å². The number of benzene rings is 1. The fraction of sp³-hybridized carbons (Fsp3) is 0.684. The number of hydrogen-bond donors (Lipinski definition) is 1. The summed E-state index contributed by atoms with van der Waals surface area (Å²) in [6.07, 6.45) is 7.91. The normalized spacial score (nSPS) is 21.0. The van der Waals surface area contributed by atoms with E-state index in [0.717, 1.165) is 12.6 Å². The van der Waals surface area contributed by atoms with E-state index in [4.69, 9.17) is 0 Å². The van der Waals surface area contributed by atoms with Gasteiger partial charge in [0.15, 0.2) is 0 Å². The molecule has 1 fully saturated rings. The number of fused-ring (bicyclic) bond motifs is 1. The lowest BCUT2D eigenvalue weighted by Crippen LogP contribution is -2.38. The predicted molar refractivity (Wildman–Crippen MR) is 86.1 cm³/mol. The summed E-state index contributed by atoms with van der Waals surface area (Å²) in [6, 6.07) is 8.06. The van der Waals surface area contributed by atoms with Crippen LogP contribution >= 0.6 is 0 Å². The highest BCUT2D eigenvalue weighted by atomic mass is 15.0. The van der Waals surface area contributed by atoms with Gasteiger partial charge in [-0.2, -0.15) is 0 Å². The molecule has 0 bridgehead atoms. The first-order chi connectivity index (χ1) is 9.57. The van der Waals surface area contributed by atoms with Crippen molar-refractivity contribution in [2.75, 3.05) is 6.54 Å². The molecule has 0 saturated heterocycles. The lowest BCUT2D eigenvalue weighted by molar-refractivity contribution is 0.206. The van der Waals surface area contributed by atoms with Crippen LogP contribution in [0.25, 0.3) is 0 Å². The average molecular weight is 271 g/mol. The molecule has 0 aliphatic heterocycles. The maximum absolute atomic E-state index is 3.75. The summed E-state index contributed by atoms with van der Waals surface area (Å²) in [5.41, 5.74) is 5.12. The van der Waals surface area contributed by atoms with E-state index in [0.29, 0.717) is 11.3 Å². The van der Waals surface area contributed by atoms with Crippen LogP contribution in [0.1, 0.15) is 56.7 Å². The zero-order chi connectivity index (χ0) is 14.2. The molecule has 1 aromatic carbocycles. The van der Waals surface area contributed by atoms with Crippen molar-refractivity contribution in [3.05, 3.63) is 34.9 Å². The molecule has 0 heterocycles. The van der Waals surface area contributed by atoms with Crippen molar-refractivity contribution in [1.29, 1.82) is 0 Å². The smallest absolute Gasteiger partial charge is 0.00684 e. The second-order valence-electron chi connectivity index (χ2n) is 7.60. The van der Waals surface area contributed by atoms with Gasteiger partial charge in [-0.15, -0.1) is 0 Å². The van der Waals surface area contributed by atoms with E-state index in [1.807, 2.05) is 0 Å². The summed E-state index contributed by atoms with van der Waals surface area (Å²) in [5, 5.41) is 3.75. The fourth-order valence-electron chi connectivity index (χ4n) is 3.34. The van der Waals surface area contributed by atoms with E-state index in [9.17, 15) is 0 Å². The Morgan fingerprint density at radius 1 is 1.20 bits per heavy atom. The van der Waals surface area contributed by atoms with Gasteiger partial charge in [-0.25, -0.2) is 0 Å². The molecule has 0 radical (unpaired) electrons. The standard InChI is InChI=1S/C19H29N/c1-14(2)19(3,13-20-18-9-10-18)12-15-7-8-16-5-4-6-17(16)11-15/h7-8,11,14,18,20H,4-6,9-10,12-13H2,1-3H3. The van der Waals surface area contributed by atoms with Crippen LogP contribution in [-0.4, -0.2) is 12.6 Å². The Hall–Kier alpha value is -0.820. The average Bonchev–Trinajstić information content (AvgIpc) is 3.13. The first kappa shape index (κ1) is 14.1. The second kappa shape index (κ2) is 5.52. The van der Waals surface area contributed by atoms with Crippen LogP contribution in [0.15, 0.2) is 18.2 Å². The van der Waals surface area contributed by atoms with Gasteiger partial charge in [-0.3, -0.25) is 0 Å². The summed E-state index contributed by atoms with van der Waals surface area (Å²) < 4.78 is 0. The molecule has 0 spiro atoms. The van der Waals surface area contributed by atoms with E-state index in [-0.39, 0.29) is 0 Å². The van der Waals surface area contributed by atoms with Crippen LogP contribution in [-0.2, 0) is 19.3 Å². The van der Waals surface area contributed by atoms with Crippen LogP contribution in [0, 0.1) is 11.3 Å². The largest absolute Gasteiger partial charge is 0.313 e. The van der Waals surface area contributed by atoms with Crippen molar-refractivity contribution < 1.29 is 0 Å². The zero-order valence-corrected chi connectivity index (χ0v) is 13.3. The van der Waals surface area contributed by atoms with Crippen molar-refractivity contribution in [2.24, 2.45) is 11.3 Å². The van der Waals surface area contributed by atoms with Gasteiger partial charge < -0.3 is 5.32 Å². The number of aryl methyl sites for hydroxylation is 2. The molecule has 2 aliphatic rings. The summed E-state index contributed by atoms with van der Waals surface area (Å²) in [5.74, 6) is 0.710. The maximum Gasteiger partial charge on any atom is 0.00684 e. The predicted octanol–water partition coefficient (Wildman–Crippen LogP) is 4.13. The van der Waals surface area contributed by atoms with Gasteiger partial charge in [0.1, 0.15) is 0 Å². The number of nitrogens with one attached hydrogen (secondary N) is 1. The highest BCUT2D eigenvalue weighted by molar-refractivity contribution is 5.35. The molecule has 0 aromatic heterocycles. The molecule has 1 heteroatoms. The first-order valence-electron chi connectivity index (χ1n) is 8.41. The van der Waals surface area contributed by atoms with Gasteiger partial charge in [0.2, 0.25) is 0 Å². The third kappa shape index (κ3) is 3.09. The molecule has 1 N–H and O–H groups in total. The van der Waals surface area contributed by atoms with Crippen molar-refractivity contribution in [2.45, 2.75) is 65.3 Å². The molecule has 1 saturated carbocycles. The van der Waals surface area contributed by atoms with Gasteiger partial charge >= 0.3 is 0 Å². The van der Waals surface area contributed by atoms with Crippen molar-refractivity contribution in [3.8, 4) is 0 Å². The zero-order valence-electron chi connectivity index (χ0n) is 13.3. The Balaban J connectivity index is 1.71. The summed E-state index contributed by atoms with van der Waals surface area (Å²) >= 11 is 0. The molecule has 0 amide bonds. The third-order valence-electron chi connectivity index (χ3n) is 5.54. The van der Waals surface area contributed by atoms with Gasteiger partial charge in [-0.05, 0) is 66.5 Å². The van der Waals surface area contributed by atoms with E-state index in [1.54, 1.807) is 16.7 Å². The van der Waals surface area contributed by atoms with Crippen molar-refractivity contribution in [1.82, 2.24) is 5.32 Å². The molecule has 1 nitrogen and oxygen atoms in total. The minimum Gasteiger partial charge on any atom is -0.313 e. The van der Waals surface area contributed by atoms with E-state index < -0.39 is 0 Å². The highest BCUT2D eigenvalue weighted by Crippen LogP contribution is 2.33. The van der Waals surface area contributed by atoms with Gasteiger partial charge in [0, 0.05) is 12.6 Å². The minimum atomic E-state index is 0.370. The van der Waals surface area contributed by atoms with Crippen LogP contribution in [0.5, 0.6) is 0 Å². The van der Waals surface area contributed by atoms with Gasteiger partial charge in [0.05, 0.1) is 0 Å². The molecule has 2 aliphatic carbocycles. The van der Waals surface area contributed by atoms with Gasteiger partial charge in [0.25, 0.3) is 0 Å². The minimum absolute atomic E-state index is 0.370. The lowest BCUT2D eigenvalue weighted by Gasteiger charge is -2.34.